The highest BCUT2D eigenvalue weighted by Gasteiger charge is 2.13. The van der Waals surface area contributed by atoms with E-state index in [2.05, 4.69) is 13.2 Å². The number of rotatable bonds is 5. The van der Waals surface area contributed by atoms with E-state index in [1.807, 2.05) is 6.92 Å². The van der Waals surface area contributed by atoms with E-state index in [-0.39, 0.29) is 0 Å². The van der Waals surface area contributed by atoms with Gasteiger partial charge in [0.2, 0.25) is 7.37 Å². The molecule has 0 bridgehead atoms. The summed E-state index contributed by atoms with van der Waals surface area (Å²) in [6.45, 7) is 9.03. The first-order valence-corrected chi connectivity index (χ1v) is 5.04. The second-order valence-electron chi connectivity index (χ2n) is 1.81. The molecule has 10 heavy (non-hydrogen) atoms. The highest BCUT2D eigenvalue weighted by molar-refractivity contribution is 7.62. The minimum absolute atomic E-state index is 0.330. The van der Waals surface area contributed by atoms with Gasteiger partial charge in [0.15, 0.2) is 0 Å². The number of hydrogen-bond donors (Lipinski definition) is 0. The van der Waals surface area contributed by atoms with Crippen LogP contribution in [0.1, 0.15) is 6.92 Å². The monoisotopic (exact) mass is 160 g/mol. The average molecular weight is 160 g/mol. The van der Waals surface area contributed by atoms with Crippen LogP contribution in [0.4, 0.5) is 0 Å². The lowest BCUT2D eigenvalue weighted by atomic mass is 10.7. The molecule has 0 rings (SSSR count). The van der Waals surface area contributed by atoms with Gasteiger partial charge in [0.1, 0.15) is 0 Å². The Kier molecular flexibility index (Phi) is 4.33. The smallest absolute Gasteiger partial charge is 0.224 e. The van der Waals surface area contributed by atoms with E-state index in [0.29, 0.717) is 12.8 Å². The lowest BCUT2D eigenvalue weighted by Crippen LogP contribution is -1.89. The maximum atomic E-state index is 11.3. The Morgan fingerprint density at radius 1 is 1.60 bits per heavy atom. The second-order valence-corrected chi connectivity index (χ2v) is 4.52. The average Bonchev–Trinajstić information content (AvgIpc) is 2.00. The van der Waals surface area contributed by atoms with Crippen LogP contribution in [0.25, 0.3) is 0 Å². The van der Waals surface area contributed by atoms with Crippen LogP contribution in [0.2, 0.25) is 0 Å². The van der Waals surface area contributed by atoms with Gasteiger partial charge in [0.25, 0.3) is 0 Å². The molecule has 0 heterocycles. The summed E-state index contributed by atoms with van der Waals surface area (Å²) in [5, 5.41) is 0. The van der Waals surface area contributed by atoms with Crippen LogP contribution in [0.5, 0.6) is 0 Å². The van der Waals surface area contributed by atoms with Crippen LogP contribution in [0.3, 0.4) is 0 Å². The topological polar surface area (TPSA) is 26.3 Å². The van der Waals surface area contributed by atoms with Crippen molar-refractivity contribution in [1.29, 1.82) is 0 Å². The Morgan fingerprint density at radius 2 is 2.20 bits per heavy atom. The van der Waals surface area contributed by atoms with E-state index in [4.69, 9.17) is 4.52 Å². The number of hydrogen-bond acceptors (Lipinski definition) is 2. The van der Waals surface area contributed by atoms with Crippen LogP contribution in [0.15, 0.2) is 25.1 Å². The van der Waals surface area contributed by atoms with Gasteiger partial charge in [-0.2, -0.15) is 0 Å². The molecule has 0 saturated heterocycles. The Bertz CT molecular complexity index is 163. The predicted molar refractivity (Wildman–Crippen MR) is 44.5 cm³/mol. The molecule has 0 N–H and O–H groups in total. The van der Waals surface area contributed by atoms with Crippen molar-refractivity contribution in [2.75, 3.05) is 12.8 Å². The maximum Gasteiger partial charge on any atom is 0.224 e. The molecular weight excluding hydrogens is 147 g/mol. The van der Waals surface area contributed by atoms with Crippen LogP contribution >= 0.6 is 7.37 Å². The van der Waals surface area contributed by atoms with Crippen molar-refractivity contribution in [3.05, 3.63) is 25.1 Å². The SMILES string of the molecule is C=CCOP(=O)(C=C)CC. The van der Waals surface area contributed by atoms with Crippen molar-refractivity contribution in [3.63, 3.8) is 0 Å². The zero-order chi connectivity index (χ0) is 8.04. The Balaban J connectivity index is 3.93. The normalized spacial score (nSPS) is 15.7. The van der Waals surface area contributed by atoms with Crippen molar-refractivity contribution < 1.29 is 9.09 Å². The lowest BCUT2D eigenvalue weighted by molar-refractivity contribution is 0.361. The summed E-state index contributed by atoms with van der Waals surface area (Å²) in [4.78, 5) is 0. The predicted octanol–water partition coefficient (Wildman–Crippen LogP) is 2.63. The summed E-state index contributed by atoms with van der Waals surface area (Å²) in [6, 6.07) is 0. The largest absolute Gasteiger partial charge is 0.322 e. The van der Waals surface area contributed by atoms with Crippen LogP contribution < -0.4 is 0 Å². The third-order valence-corrected chi connectivity index (χ3v) is 3.15. The molecular formula is C7H13O2P. The molecule has 0 fully saturated rings. The molecule has 0 saturated carbocycles. The quantitative estimate of drug-likeness (QED) is 0.456. The summed E-state index contributed by atoms with van der Waals surface area (Å²) in [5.41, 5.74) is 0. The van der Waals surface area contributed by atoms with Gasteiger partial charge in [0, 0.05) is 6.16 Å². The van der Waals surface area contributed by atoms with E-state index < -0.39 is 7.37 Å². The van der Waals surface area contributed by atoms with Gasteiger partial charge >= 0.3 is 0 Å². The van der Waals surface area contributed by atoms with Gasteiger partial charge in [-0.1, -0.05) is 19.6 Å². The lowest BCUT2D eigenvalue weighted by Gasteiger charge is -2.09. The van der Waals surface area contributed by atoms with Gasteiger partial charge in [-0.15, -0.1) is 6.58 Å². The third-order valence-electron chi connectivity index (χ3n) is 1.13. The summed E-state index contributed by atoms with van der Waals surface area (Å²) >= 11 is 0. The molecule has 0 aromatic rings. The molecule has 2 nitrogen and oxygen atoms in total. The zero-order valence-corrected chi connectivity index (χ0v) is 7.14. The fraction of sp³-hybridized carbons (Fsp3) is 0.429. The summed E-state index contributed by atoms with van der Waals surface area (Å²) in [7, 11) is -2.51. The zero-order valence-electron chi connectivity index (χ0n) is 6.25. The maximum absolute atomic E-state index is 11.3. The molecule has 0 aromatic heterocycles. The van der Waals surface area contributed by atoms with Crippen LogP contribution in [0, 0.1) is 0 Å². The van der Waals surface area contributed by atoms with E-state index in [1.54, 1.807) is 6.08 Å². The highest BCUT2D eigenvalue weighted by atomic mass is 31.2. The molecule has 0 radical (unpaired) electrons. The molecule has 1 atom stereocenters. The fourth-order valence-corrected chi connectivity index (χ4v) is 1.36. The molecule has 0 aromatic carbocycles. The second kappa shape index (κ2) is 4.48. The fourth-order valence-electron chi connectivity index (χ4n) is 0.452. The summed E-state index contributed by atoms with van der Waals surface area (Å²) in [6.07, 6.45) is 2.08. The van der Waals surface area contributed by atoms with Crippen molar-refractivity contribution >= 4 is 7.37 Å². The minimum Gasteiger partial charge on any atom is -0.322 e. The van der Waals surface area contributed by atoms with Crippen molar-refractivity contribution in [2.24, 2.45) is 0 Å². The first kappa shape index (κ1) is 9.67. The van der Waals surface area contributed by atoms with Gasteiger partial charge in [0.05, 0.1) is 6.61 Å². The van der Waals surface area contributed by atoms with E-state index >= 15 is 0 Å². The molecule has 0 spiro atoms. The van der Waals surface area contributed by atoms with E-state index in [9.17, 15) is 4.57 Å². The van der Waals surface area contributed by atoms with E-state index in [0.717, 1.165) is 0 Å². The molecule has 0 aliphatic carbocycles. The van der Waals surface area contributed by atoms with E-state index in [1.165, 1.54) is 5.82 Å². The molecule has 0 amide bonds. The Morgan fingerprint density at radius 3 is 2.50 bits per heavy atom. The van der Waals surface area contributed by atoms with Crippen molar-refractivity contribution in [2.45, 2.75) is 6.92 Å². The Labute approximate surface area is 62.0 Å². The van der Waals surface area contributed by atoms with Crippen LogP contribution in [-0.4, -0.2) is 12.8 Å². The first-order chi connectivity index (χ1) is 4.68. The van der Waals surface area contributed by atoms with Gasteiger partial charge in [-0.25, -0.2) is 0 Å². The third kappa shape index (κ3) is 3.00. The standard InChI is InChI=1S/C7H13O2P/c1-4-7-9-10(8,5-2)6-3/h4-5H,1-2,6-7H2,3H3. The molecule has 1 unspecified atom stereocenters. The van der Waals surface area contributed by atoms with Crippen LogP contribution in [-0.2, 0) is 9.09 Å². The van der Waals surface area contributed by atoms with Crippen molar-refractivity contribution in [3.8, 4) is 0 Å². The van der Waals surface area contributed by atoms with Gasteiger partial charge in [-0.05, 0) is 5.82 Å². The van der Waals surface area contributed by atoms with Gasteiger partial charge in [-0.3, -0.25) is 4.57 Å². The minimum atomic E-state index is -2.51. The van der Waals surface area contributed by atoms with Gasteiger partial charge < -0.3 is 4.52 Å². The summed E-state index contributed by atoms with van der Waals surface area (Å²) in [5.74, 6) is 1.39. The highest BCUT2D eigenvalue weighted by Crippen LogP contribution is 2.47. The Hall–Kier alpha value is -0.330. The molecule has 0 aliphatic heterocycles. The van der Waals surface area contributed by atoms with Crippen molar-refractivity contribution in [1.82, 2.24) is 0 Å². The summed E-state index contributed by atoms with van der Waals surface area (Å²) < 4.78 is 16.3. The molecule has 0 aliphatic rings. The molecule has 3 heteroatoms. The first-order valence-electron chi connectivity index (χ1n) is 3.16. The molecule has 58 valence electrons.